The summed E-state index contributed by atoms with van der Waals surface area (Å²) in [6.45, 7) is 0. The van der Waals surface area contributed by atoms with Gasteiger partial charge in [-0.15, -0.1) is 11.3 Å². The van der Waals surface area contributed by atoms with Crippen LogP contribution in [0, 0.1) is 0 Å². The number of para-hydroxylation sites is 1. The van der Waals surface area contributed by atoms with E-state index in [1.54, 1.807) is 0 Å². The van der Waals surface area contributed by atoms with E-state index in [1.807, 2.05) is 23.5 Å². The number of benzene rings is 9. The van der Waals surface area contributed by atoms with Crippen molar-refractivity contribution in [3.05, 3.63) is 212 Å². The lowest BCUT2D eigenvalue weighted by Crippen LogP contribution is -2.10. The lowest BCUT2D eigenvalue weighted by Gasteiger charge is -2.28. The van der Waals surface area contributed by atoms with E-state index in [9.17, 15) is 0 Å². The van der Waals surface area contributed by atoms with E-state index in [0.717, 1.165) is 50.1 Å². The van der Waals surface area contributed by atoms with Crippen molar-refractivity contribution in [3.63, 3.8) is 0 Å². The molecule has 0 unspecified atom stereocenters. The van der Waals surface area contributed by atoms with Gasteiger partial charge in [0.05, 0.1) is 10.4 Å². The van der Waals surface area contributed by atoms with Gasteiger partial charge in [-0.1, -0.05) is 158 Å². The van der Waals surface area contributed by atoms with Gasteiger partial charge in [0.1, 0.15) is 11.2 Å². The quantitative estimate of drug-likeness (QED) is 0.162. The second-order valence-corrected chi connectivity index (χ2v) is 15.5. The van der Waals surface area contributed by atoms with Gasteiger partial charge in [0.2, 0.25) is 0 Å². The molecule has 57 heavy (non-hydrogen) atoms. The second-order valence-electron chi connectivity index (χ2n) is 14.5. The molecule has 2 heterocycles. The minimum atomic E-state index is 0.899. The topological polar surface area (TPSA) is 16.4 Å². The molecule has 0 spiro atoms. The van der Waals surface area contributed by atoms with Crippen LogP contribution in [0.25, 0.3) is 86.6 Å². The Morgan fingerprint density at radius 3 is 1.61 bits per heavy atom. The number of thiophene rings is 1. The Morgan fingerprint density at radius 1 is 0.351 bits per heavy atom. The highest BCUT2D eigenvalue weighted by Gasteiger charge is 2.22. The Balaban J connectivity index is 1.17. The average Bonchev–Trinajstić information content (AvgIpc) is 3.87. The molecule has 0 saturated heterocycles. The Kier molecular flexibility index (Phi) is 8.04. The number of hydrogen-bond donors (Lipinski definition) is 0. The van der Waals surface area contributed by atoms with E-state index >= 15 is 0 Å². The standard InChI is InChI=1S/C54H35NOS/c1-4-15-36(16-5-1)40-33-41(37-17-6-2-7-18-37)35-43(34-40)55(42-29-27-39(28-30-42)44-23-14-25-50-52(44)46-21-10-12-24-49(46)56-50)48-32-31-45(38-19-8-3-9-20-38)53-47-22-11-13-26-51(47)57-54(48)53/h1-35H. The number of fused-ring (bicyclic) bond motifs is 6. The van der Waals surface area contributed by atoms with Gasteiger partial charge in [0.15, 0.2) is 0 Å². The highest BCUT2D eigenvalue weighted by molar-refractivity contribution is 7.26. The van der Waals surface area contributed by atoms with Gasteiger partial charge < -0.3 is 9.32 Å². The predicted molar refractivity (Wildman–Crippen MR) is 243 cm³/mol. The average molecular weight is 746 g/mol. The van der Waals surface area contributed by atoms with Crippen molar-refractivity contribution in [2.24, 2.45) is 0 Å². The number of rotatable bonds is 7. The Labute approximate surface area is 335 Å². The Hall–Kier alpha value is -7.20. The molecule has 2 aromatic heterocycles. The zero-order valence-corrected chi connectivity index (χ0v) is 31.8. The molecule has 11 rings (SSSR count). The van der Waals surface area contributed by atoms with E-state index in [0.29, 0.717) is 0 Å². The molecule has 2 nitrogen and oxygen atoms in total. The summed E-state index contributed by atoms with van der Waals surface area (Å²) in [5.41, 5.74) is 14.6. The van der Waals surface area contributed by atoms with E-state index in [2.05, 4.69) is 205 Å². The molecule has 11 aromatic rings. The summed E-state index contributed by atoms with van der Waals surface area (Å²) >= 11 is 1.87. The van der Waals surface area contributed by atoms with Gasteiger partial charge in [0.25, 0.3) is 0 Å². The monoisotopic (exact) mass is 745 g/mol. The highest BCUT2D eigenvalue weighted by Crippen LogP contribution is 2.49. The van der Waals surface area contributed by atoms with Crippen LogP contribution in [0.4, 0.5) is 17.1 Å². The summed E-state index contributed by atoms with van der Waals surface area (Å²) in [6.07, 6.45) is 0. The minimum Gasteiger partial charge on any atom is -0.456 e. The summed E-state index contributed by atoms with van der Waals surface area (Å²) in [5, 5.41) is 4.83. The largest absolute Gasteiger partial charge is 0.456 e. The number of nitrogens with zero attached hydrogens (tertiary/aromatic N) is 1. The number of anilines is 3. The molecule has 268 valence electrons. The SMILES string of the molecule is c1ccc(-c2cc(-c3ccccc3)cc(N(c3ccc(-c4cccc5oc6ccccc6c45)cc3)c3ccc(-c4ccccc4)c4c3sc3ccccc34)c2)cc1. The lowest BCUT2D eigenvalue weighted by atomic mass is 9.96. The summed E-state index contributed by atoms with van der Waals surface area (Å²) in [5.74, 6) is 0. The molecule has 0 aliphatic carbocycles. The number of furan rings is 1. The normalized spacial score (nSPS) is 11.5. The van der Waals surface area contributed by atoms with Crippen LogP contribution in [0.3, 0.4) is 0 Å². The van der Waals surface area contributed by atoms with Crippen molar-refractivity contribution >= 4 is 70.5 Å². The van der Waals surface area contributed by atoms with E-state index in [4.69, 9.17) is 4.42 Å². The molecule has 0 aliphatic heterocycles. The maximum Gasteiger partial charge on any atom is 0.136 e. The third-order valence-electron chi connectivity index (χ3n) is 11.1. The van der Waals surface area contributed by atoms with Crippen molar-refractivity contribution in [2.45, 2.75) is 0 Å². The minimum absolute atomic E-state index is 0.899. The molecular formula is C54H35NOS. The fourth-order valence-electron chi connectivity index (χ4n) is 8.42. The Bertz CT molecular complexity index is 3160. The third kappa shape index (κ3) is 5.80. The molecule has 9 aromatic carbocycles. The van der Waals surface area contributed by atoms with Crippen LogP contribution < -0.4 is 4.90 Å². The third-order valence-corrected chi connectivity index (χ3v) is 12.3. The van der Waals surface area contributed by atoms with Crippen LogP contribution >= 0.6 is 11.3 Å². The molecule has 0 radical (unpaired) electrons. The fraction of sp³-hybridized carbons (Fsp3) is 0. The maximum absolute atomic E-state index is 6.29. The summed E-state index contributed by atoms with van der Waals surface area (Å²) in [7, 11) is 0. The van der Waals surface area contributed by atoms with Gasteiger partial charge in [-0.05, 0) is 99.1 Å². The molecule has 0 bridgehead atoms. The van der Waals surface area contributed by atoms with Gasteiger partial charge >= 0.3 is 0 Å². The highest BCUT2D eigenvalue weighted by atomic mass is 32.1. The molecule has 0 N–H and O–H groups in total. The second kappa shape index (κ2) is 13.8. The first-order valence-electron chi connectivity index (χ1n) is 19.3. The summed E-state index contributed by atoms with van der Waals surface area (Å²) in [4.78, 5) is 2.46. The molecule has 0 amide bonds. The first kappa shape index (κ1) is 33.2. The van der Waals surface area contributed by atoms with Crippen LogP contribution in [0.15, 0.2) is 217 Å². The van der Waals surface area contributed by atoms with Crippen molar-refractivity contribution < 1.29 is 4.42 Å². The van der Waals surface area contributed by atoms with Crippen LogP contribution in [0.2, 0.25) is 0 Å². The van der Waals surface area contributed by atoms with Crippen molar-refractivity contribution in [1.29, 1.82) is 0 Å². The first-order valence-corrected chi connectivity index (χ1v) is 20.1. The van der Waals surface area contributed by atoms with Gasteiger partial charge in [-0.3, -0.25) is 0 Å². The molecule has 0 fully saturated rings. The lowest BCUT2D eigenvalue weighted by molar-refractivity contribution is 0.669. The fourth-order valence-corrected chi connectivity index (χ4v) is 9.65. The van der Waals surface area contributed by atoms with Crippen molar-refractivity contribution in [3.8, 4) is 44.5 Å². The van der Waals surface area contributed by atoms with E-state index in [1.165, 1.54) is 53.6 Å². The van der Waals surface area contributed by atoms with Gasteiger partial charge in [-0.2, -0.15) is 0 Å². The molecule has 3 heteroatoms. The predicted octanol–water partition coefficient (Wildman–Crippen LogP) is 16.1. The molecule has 0 saturated carbocycles. The van der Waals surface area contributed by atoms with Gasteiger partial charge in [0, 0.05) is 37.6 Å². The zero-order chi connectivity index (χ0) is 37.7. The smallest absolute Gasteiger partial charge is 0.136 e. The molecular weight excluding hydrogens is 711 g/mol. The van der Waals surface area contributed by atoms with Gasteiger partial charge in [-0.25, -0.2) is 0 Å². The molecule has 0 aliphatic rings. The number of hydrogen-bond acceptors (Lipinski definition) is 3. The zero-order valence-electron chi connectivity index (χ0n) is 31.0. The van der Waals surface area contributed by atoms with Crippen molar-refractivity contribution in [2.75, 3.05) is 4.90 Å². The molecule has 0 atom stereocenters. The summed E-state index contributed by atoms with van der Waals surface area (Å²) in [6, 6.07) is 76.5. The van der Waals surface area contributed by atoms with Crippen molar-refractivity contribution in [1.82, 2.24) is 0 Å². The van der Waals surface area contributed by atoms with Crippen LogP contribution in [0.5, 0.6) is 0 Å². The van der Waals surface area contributed by atoms with Crippen LogP contribution in [0.1, 0.15) is 0 Å². The maximum atomic E-state index is 6.29. The van der Waals surface area contributed by atoms with E-state index < -0.39 is 0 Å². The summed E-state index contributed by atoms with van der Waals surface area (Å²) < 4.78 is 8.81. The van der Waals surface area contributed by atoms with Crippen LogP contribution in [-0.4, -0.2) is 0 Å². The van der Waals surface area contributed by atoms with E-state index in [-0.39, 0.29) is 0 Å². The first-order chi connectivity index (χ1) is 28.3. The Morgan fingerprint density at radius 2 is 0.912 bits per heavy atom. The van der Waals surface area contributed by atoms with Crippen LogP contribution in [-0.2, 0) is 0 Å².